The number of imidazole rings is 1. The Morgan fingerprint density at radius 1 is 1.14 bits per heavy atom. The molecule has 144 valence electrons. The molecule has 0 unspecified atom stereocenters. The lowest BCUT2D eigenvalue weighted by molar-refractivity contribution is 0.0987. The van der Waals surface area contributed by atoms with E-state index in [0.717, 1.165) is 37.9 Å². The van der Waals surface area contributed by atoms with Crippen LogP contribution >= 0.6 is 11.6 Å². The highest BCUT2D eigenvalue weighted by Crippen LogP contribution is 2.29. The molecule has 6 heteroatoms. The Labute approximate surface area is 168 Å². The number of nitrogens with zero attached hydrogens (tertiary/aromatic N) is 3. The van der Waals surface area contributed by atoms with Crippen molar-refractivity contribution in [3.05, 3.63) is 70.8 Å². The number of amides is 1. The van der Waals surface area contributed by atoms with E-state index in [9.17, 15) is 9.18 Å². The molecule has 0 N–H and O–H groups in total. The zero-order valence-electron chi connectivity index (χ0n) is 15.7. The van der Waals surface area contributed by atoms with Crippen LogP contribution in [-0.4, -0.2) is 22.5 Å². The summed E-state index contributed by atoms with van der Waals surface area (Å²) in [6.45, 7) is 0.780. The number of carbonyl (C=O) groups excluding carboxylic acids is 1. The van der Waals surface area contributed by atoms with Crippen molar-refractivity contribution < 1.29 is 9.18 Å². The SMILES string of the molecule is CN(C(=O)c1nc(-c2cccc(F)c2)n2c1CCCCC2)c1cccc(Cl)c1. The molecule has 1 amide bonds. The third kappa shape index (κ3) is 3.54. The van der Waals surface area contributed by atoms with Gasteiger partial charge in [-0.05, 0) is 49.6 Å². The summed E-state index contributed by atoms with van der Waals surface area (Å²) < 4.78 is 15.9. The standard InChI is InChI=1S/C22H21ClFN3O/c1-26(18-10-6-8-16(23)14-18)22(28)20-19-11-3-2-4-12-27(19)21(25-20)15-7-5-9-17(24)13-15/h5-10,13-14H,2-4,11-12H2,1H3. The molecule has 2 aromatic carbocycles. The smallest absolute Gasteiger partial charge is 0.278 e. The van der Waals surface area contributed by atoms with E-state index in [1.54, 1.807) is 30.1 Å². The number of halogens is 2. The summed E-state index contributed by atoms with van der Waals surface area (Å²) in [4.78, 5) is 19.5. The van der Waals surface area contributed by atoms with E-state index in [2.05, 4.69) is 9.55 Å². The van der Waals surface area contributed by atoms with Gasteiger partial charge in [-0.2, -0.15) is 0 Å². The van der Waals surface area contributed by atoms with Crippen molar-refractivity contribution in [1.82, 2.24) is 9.55 Å². The Morgan fingerprint density at radius 2 is 1.96 bits per heavy atom. The zero-order chi connectivity index (χ0) is 19.7. The lowest BCUT2D eigenvalue weighted by Crippen LogP contribution is -2.27. The molecule has 0 saturated heterocycles. The van der Waals surface area contributed by atoms with Crippen molar-refractivity contribution in [3.63, 3.8) is 0 Å². The van der Waals surface area contributed by atoms with E-state index in [1.807, 2.05) is 18.2 Å². The quantitative estimate of drug-likeness (QED) is 0.597. The van der Waals surface area contributed by atoms with Gasteiger partial charge in [0.25, 0.3) is 5.91 Å². The molecular formula is C22H21ClFN3O. The summed E-state index contributed by atoms with van der Waals surface area (Å²) in [5.41, 5.74) is 2.76. The normalized spacial score (nSPS) is 13.7. The molecule has 3 aromatic rings. The molecule has 2 heterocycles. The molecule has 4 nitrogen and oxygen atoms in total. The summed E-state index contributed by atoms with van der Waals surface area (Å²) in [5.74, 6) is 0.155. The summed E-state index contributed by atoms with van der Waals surface area (Å²) in [6.07, 6.45) is 3.91. The highest BCUT2D eigenvalue weighted by atomic mass is 35.5. The van der Waals surface area contributed by atoms with Crippen LogP contribution in [0.1, 0.15) is 35.4 Å². The maximum absolute atomic E-state index is 13.8. The van der Waals surface area contributed by atoms with Gasteiger partial charge >= 0.3 is 0 Å². The fourth-order valence-corrected chi connectivity index (χ4v) is 3.88. The van der Waals surface area contributed by atoms with E-state index in [1.165, 1.54) is 12.1 Å². The molecule has 0 bridgehead atoms. The van der Waals surface area contributed by atoms with Gasteiger partial charge in [0.15, 0.2) is 5.69 Å². The van der Waals surface area contributed by atoms with Gasteiger partial charge in [-0.25, -0.2) is 9.37 Å². The first kappa shape index (κ1) is 18.7. The average Bonchev–Trinajstić information content (AvgIpc) is 2.88. The maximum Gasteiger partial charge on any atom is 0.278 e. The number of hydrogen-bond donors (Lipinski definition) is 0. The molecule has 0 aliphatic carbocycles. The number of carbonyl (C=O) groups is 1. The largest absolute Gasteiger partial charge is 0.327 e. The third-order valence-corrected chi connectivity index (χ3v) is 5.39. The van der Waals surface area contributed by atoms with Gasteiger partial charge in [0.1, 0.15) is 11.6 Å². The summed E-state index contributed by atoms with van der Waals surface area (Å²) in [7, 11) is 1.72. The Bertz CT molecular complexity index is 1030. The van der Waals surface area contributed by atoms with E-state index < -0.39 is 0 Å². The van der Waals surface area contributed by atoms with E-state index >= 15 is 0 Å². The van der Waals surface area contributed by atoms with Crippen molar-refractivity contribution in [2.45, 2.75) is 32.2 Å². The highest BCUT2D eigenvalue weighted by molar-refractivity contribution is 6.31. The van der Waals surface area contributed by atoms with Crippen LogP contribution in [0, 0.1) is 5.82 Å². The minimum atomic E-state index is -0.313. The lowest BCUT2D eigenvalue weighted by atomic mass is 10.1. The van der Waals surface area contributed by atoms with Crippen LogP contribution in [0.25, 0.3) is 11.4 Å². The maximum atomic E-state index is 13.8. The average molecular weight is 398 g/mol. The minimum Gasteiger partial charge on any atom is -0.327 e. The molecule has 0 saturated carbocycles. The second-order valence-electron chi connectivity index (χ2n) is 7.05. The van der Waals surface area contributed by atoms with Gasteiger partial charge in [-0.1, -0.05) is 36.2 Å². The fourth-order valence-electron chi connectivity index (χ4n) is 3.70. The number of aromatic nitrogens is 2. The van der Waals surface area contributed by atoms with Gasteiger partial charge in [0, 0.05) is 29.9 Å². The molecule has 0 radical (unpaired) electrons. The van der Waals surface area contributed by atoms with Crippen LogP contribution in [0.4, 0.5) is 10.1 Å². The number of hydrogen-bond acceptors (Lipinski definition) is 2. The predicted octanol–water partition coefficient (Wildman–Crippen LogP) is 5.35. The lowest BCUT2D eigenvalue weighted by Gasteiger charge is -2.17. The summed E-state index contributed by atoms with van der Waals surface area (Å²) in [5, 5.41) is 0.571. The van der Waals surface area contributed by atoms with Crippen molar-refractivity contribution in [2.75, 3.05) is 11.9 Å². The van der Waals surface area contributed by atoms with Crippen LogP contribution in [0.5, 0.6) is 0 Å². The topological polar surface area (TPSA) is 38.1 Å². The van der Waals surface area contributed by atoms with Crippen molar-refractivity contribution in [3.8, 4) is 11.4 Å². The number of benzene rings is 2. The highest BCUT2D eigenvalue weighted by Gasteiger charge is 2.27. The minimum absolute atomic E-state index is 0.185. The molecule has 0 atom stereocenters. The first-order valence-electron chi connectivity index (χ1n) is 9.43. The Hall–Kier alpha value is -2.66. The molecule has 4 rings (SSSR count). The number of anilines is 1. The van der Waals surface area contributed by atoms with Crippen LogP contribution in [-0.2, 0) is 13.0 Å². The van der Waals surface area contributed by atoms with Crippen molar-refractivity contribution in [2.24, 2.45) is 0 Å². The molecule has 28 heavy (non-hydrogen) atoms. The molecular weight excluding hydrogens is 377 g/mol. The molecule has 1 aliphatic heterocycles. The second kappa shape index (κ2) is 7.76. The van der Waals surface area contributed by atoms with Crippen LogP contribution in [0.3, 0.4) is 0 Å². The van der Waals surface area contributed by atoms with Gasteiger partial charge in [-0.15, -0.1) is 0 Å². The molecule has 0 spiro atoms. The first-order valence-corrected chi connectivity index (χ1v) is 9.81. The Morgan fingerprint density at radius 3 is 2.75 bits per heavy atom. The van der Waals surface area contributed by atoms with Crippen LogP contribution in [0.15, 0.2) is 48.5 Å². The first-order chi connectivity index (χ1) is 13.5. The summed E-state index contributed by atoms with van der Waals surface area (Å²) in [6, 6.07) is 13.6. The molecule has 1 aromatic heterocycles. The Kier molecular flexibility index (Phi) is 5.18. The summed E-state index contributed by atoms with van der Waals surface area (Å²) >= 11 is 6.08. The third-order valence-electron chi connectivity index (χ3n) is 5.15. The van der Waals surface area contributed by atoms with E-state index in [0.29, 0.717) is 27.8 Å². The van der Waals surface area contributed by atoms with Gasteiger partial charge in [-0.3, -0.25) is 4.79 Å². The van der Waals surface area contributed by atoms with Gasteiger partial charge in [0.05, 0.1) is 5.69 Å². The monoisotopic (exact) mass is 397 g/mol. The van der Waals surface area contributed by atoms with E-state index in [4.69, 9.17) is 11.6 Å². The van der Waals surface area contributed by atoms with E-state index in [-0.39, 0.29) is 11.7 Å². The van der Waals surface area contributed by atoms with Gasteiger partial charge in [0.2, 0.25) is 0 Å². The number of fused-ring (bicyclic) bond motifs is 1. The van der Waals surface area contributed by atoms with Crippen LogP contribution < -0.4 is 4.90 Å². The predicted molar refractivity (Wildman–Crippen MR) is 109 cm³/mol. The zero-order valence-corrected chi connectivity index (χ0v) is 16.4. The number of rotatable bonds is 3. The van der Waals surface area contributed by atoms with Crippen molar-refractivity contribution >= 4 is 23.2 Å². The molecule has 0 fully saturated rings. The van der Waals surface area contributed by atoms with Crippen LogP contribution in [0.2, 0.25) is 5.02 Å². The van der Waals surface area contributed by atoms with Crippen molar-refractivity contribution in [1.29, 1.82) is 0 Å². The van der Waals surface area contributed by atoms with Gasteiger partial charge < -0.3 is 9.47 Å². The molecule has 1 aliphatic rings. The fraction of sp³-hybridized carbons (Fsp3) is 0.273. The second-order valence-corrected chi connectivity index (χ2v) is 7.48. The Balaban J connectivity index is 1.79.